The number of hydrogen-bond acceptors (Lipinski definition) is 5. The molecule has 0 bridgehead atoms. The van der Waals surface area contributed by atoms with E-state index >= 15 is 0 Å². The average molecular weight is 441 g/mol. The number of amides is 3. The van der Waals surface area contributed by atoms with E-state index in [1.54, 1.807) is 0 Å². The molecule has 0 unspecified atom stereocenters. The molecule has 3 amide bonds. The molecule has 0 saturated carbocycles. The molecule has 0 atom stereocenters. The van der Waals surface area contributed by atoms with Crippen molar-refractivity contribution in [2.45, 2.75) is 6.18 Å². The van der Waals surface area contributed by atoms with E-state index in [1.807, 2.05) is 0 Å². The first-order valence-electron chi connectivity index (χ1n) is 8.29. The zero-order valence-electron chi connectivity index (χ0n) is 15.2. The summed E-state index contributed by atoms with van der Waals surface area (Å²) in [6, 6.07) is 6.53. The van der Waals surface area contributed by atoms with Gasteiger partial charge in [0.2, 0.25) is 0 Å². The fourth-order valence-corrected chi connectivity index (χ4v) is 2.94. The van der Waals surface area contributed by atoms with Gasteiger partial charge in [0.1, 0.15) is 0 Å². The number of alkyl halides is 3. The highest BCUT2D eigenvalue weighted by Gasteiger charge is 2.34. The van der Waals surface area contributed by atoms with Crippen LogP contribution >= 0.6 is 11.6 Å². The quantitative estimate of drug-likeness (QED) is 0.581. The zero-order chi connectivity index (χ0) is 22.2. The molecule has 11 heteroatoms. The van der Waals surface area contributed by atoms with E-state index in [1.165, 1.54) is 25.2 Å². The third-order valence-electron chi connectivity index (χ3n) is 4.22. The third-order valence-corrected chi connectivity index (χ3v) is 4.54. The number of imide groups is 1. The Morgan fingerprint density at radius 1 is 1.07 bits per heavy atom. The summed E-state index contributed by atoms with van der Waals surface area (Å²) in [6.45, 7) is -0.785. The van der Waals surface area contributed by atoms with E-state index < -0.39 is 47.1 Å². The van der Waals surface area contributed by atoms with Crippen molar-refractivity contribution in [2.75, 3.05) is 19.0 Å². The molecule has 0 aromatic heterocycles. The maximum atomic E-state index is 12.9. The summed E-state index contributed by atoms with van der Waals surface area (Å²) in [7, 11) is 1.30. The molecule has 0 spiro atoms. The maximum absolute atomic E-state index is 12.9. The van der Waals surface area contributed by atoms with E-state index in [9.17, 15) is 32.3 Å². The molecule has 1 heterocycles. The lowest BCUT2D eigenvalue weighted by molar-refractivity contribution is -0.137. The van der Waals surface area contributed by atoms with E-state index in [0.29, 0.717) is 6.07 Å². The molecule has 156 valence electrons. The molecule has 3 rings (SSSR count). The van der Waals surface area contributed by atoms with Gasteiger partial charge in [0.15, 0.2) is 6.61 Å². The molecular weight excluding hydrogens is 429 g/mol. The SMILES string of the molecule is CN1C(=O)c2ccc(C(=O)OCC(=O)Nc3ccc(Cl)c(C(F)(F)F)c3)cc2C1=O. The summed E-state index contributed by atoms with van der Waals surface area (Å²) < 4.78 is 43.4. The van der Waals surface area contributed by atoms with Gasteiger partial charge in [0.25, 0.3) is 17.7 Å². The van der Waals surface area contributed by atoms with Crippen LogP contribution in [0.2, 0.25) is 5.02 Å². The lowest BCUT2D eigenvalue weighted by Crippen LogP contribution is -2.24. The number of carbonyl (C=O) groups excluding carboxylic acids is 4. The van der Waals surface area contributed by atoms with Gasteiger partial charge in [-0.05, 0) is 36.4 Å². The fraction of sp³-hybridized carbons (Fsp3) is 0.158. The first-order chi connectivity index (χ1) is 14.0. The van der Waals surface area contributed by atoms with Gasteiger partial charge in [-0.3, -0.25) is 19.3 Å². The van der Waals surface area contributed by atoms with Crippen LogP contribution in [-0.2, 0) is 15.7 Å². The standard InChI is InChI=1S/C19H12ClF3N2O5/c1-25-16(27)11-4-2-9(6-12(11)17(25)28)18(29)30-8-15(26)24-10-3-5-14(20)13(7-10)19(21,22)23/h2-7H,8H2,1H3,(H,24,26). The van der Waals surface area contributed by atoms with Crippen LogP contribution in [0.4, 0.5) is 18.9 Å². The summed E-state index contributed by atoms with van der Waals surface area (Å²) in [4.78, 5) is 48.7. The number of benzene rings is 2. The third kappa shape index (κ3) is 4.13. The van der Waals surface area contributed by atoms with Gasteiger partial charge in [0, 0.05) is 12.7 Å². The van der Waals surface area contributed by atoms with Crippen LogP contribution in [0, 0.1) is 0 Å². The Kier molecular flexibility index (Phi) is 5.53. The van der Waals surface area contributed by atoms with Crippen LogP contribution in [0.15, 0.2) is 36.4 Å². The Labute approximate surface area is 172 Å². The Morgan fingerprint density at radius 3 is 2.40 bits per heavy atom. The fourth-order valence-electron chi connectivity index (χ4n) is 2.72. The van der Waals surface area contributed by atoms with Crippen molar-refractivity contribution < 1.29 is 37.1 Å². The number of hydrogen-bond donors (Lipinski definition) is 1. The Morgan fingerprint density at radius 2 is 1.73 bits per heavy atom. The van der Waals surface area contributed by atoms with Crippen molar-refractivity contribution in [3.05, 3.63) is 63.7 Å². The molecule has 30 heavy (non-hydrogen) atoms. The second-order valence-corrected chi connectivity index (χ2v) is 6.65. The molecule has 0 aliphatic carbocycles. The molecule has 0 fully saturated rings. The van der Waals surface area contributed by atoms with Crippen molar-refractivity contribution in [3.63, 3.8) is 0 Å². The van der Waals surface area contributed by atoms with Gasteiger partial charge in [0.05, 0.1) is 27.3 Å². The van der Waals surface area contributed by atoms with Gasteiger partial charge >= 0.3 is 12.1 Å². The average Bonchev–Trinajstić information content (AvgIpc) is 2.90. The molecular formula is C19H12ClF3N2O5. The molecule has 7 nitrogen and oxygen atoms in total. The van der Waals surface area contributed by atoms with E-state index in [4.69, 9.17) is 16.3 Å². The van der Waals surface area contributed by atoms with Crippen LogP contribution in [-0.4, -0.2) is 42.2 Å². The minimum atomic E-state index is -4.70. The van der Waals surface area contributed by atoms with Gasteiger partial charge in [-0.2, -0.15) is 13.2 Å². The van der Waals surface area contributed by atoms with Crippen LogP contribution < -0.4 is 5.32 Å². The number of nitrogens with zero attached hydrogens (tertiary/aromatic N) is 1. The molecule has 1 N–H and O–H groups in total. The van der Waals surface area contributed by atoms with Gasteiger partial charge in [-0.15, -0.1) is 0 Å². The molecule has 1 aliphatic heterocycles. The maximum Gasteiger partial charge on any atom is 0.417 e. The topological polar surface area (TPSA) is 92.8 Å². The predicted octanol–water partition coefficient (Wildman–Crippen LogP) is 3.38. The van der Waals surface area contributed by atoms with Crippen LogP contribution in [0.5, 0.6) is 0 Å². The van der Waals surface area contributed by atoms with Gasteiger partial charge < -0.3 is 10.1 Å². The minimum Gasteiger partial charge on any atom is -0.452 e. The van der Waals surface area contributed by atoms with Gasteiger partial charge in [-0.1, -0.05) is 11.6 Å². The molecule has 0 saturated heterocycles. The van der Waals surface area contributed by atoms with Crippen molar-refractivity contribution in [1.29, 1.82) is 0 Å². The molecule has 2 aromatic carbocycles. The summed E-state index contributed by atoms with van der Waals surface area (Å²) >= 11 is 5.51. The summed E-state index contributed by atoms with van der Waals surface area (Å²) in [5, 5.41) is 1.64. The highest BCUT2D eigenvalue weighted by molar-refractivity contribution is 6.31. The Bertz CT molecular complexity index is 1080. The van der Waals surface area contributed by atoms with Crippen molar-refractivity contribution in [3.8, 4) is 0 Å². The molecule has 0 radical (unpaired) electrons. The number of anilines is 1. The Hall–Kier alpha value is -3.40. The smallest absolute Gasteiger partial charge is 0.417 e. The zero-order valence-corrected chi connectivity index (χ0v) is 15.9. The van der Waals surface area contributed by atoms with Crippen LogP contribution in [0.25, 0.3) is 0 Å². The molecule has 1 aliphatic rings. The molecule has 2 aromatic rings. The highest BCUT2D eigenvalue weighted by atomic mass is 35.5. The van der Waals surface area contributed by atoms with Crippen LogP contribution in [0.3, 0.4) is 0 Å². The van der Waals surface area contributed by atoms with Crippen molar-refractivity contribution in [2.24, 2.45) is 0 Å². The lowest BCUT2D eigenvalue weighted by atomic mass is 10.1. The summed E-state index contributed by atoms with van der Waals surface area (Å²) in [6.07, 6.45) is -4.70. The number of halogens is 4. The first kappa shape index (κ1) is 21.3. The highest BCUT2D eigenvalue weighted by Crippen LogP contribution is 2.36. The lowest BCUT2D eigenvalue weighted by Gasteiger charge is -2.12. The monoisotopic (exact) mass is 440 g/mol. The number of fused-ring (bicyclic) bond motifs is 1. The predicted molar refractivity (Wildman–Crippen MR) is 98.2 cm³/mol. The minimum absolute atomic E-state index is 0.0299. The number of carbonyl (C=O) groups is 4. The second-order valence-electron chi connectivity index (χ2n) is 6.25. The van der Waals surface area contributed by atoms with Crippen molar-refractivity contribution in [1.82, 2.24) is 4.90 Å². The van der Waals surface area contributed by atoms with E-state index in [-0.39, 0.29) is 22.4 Å². The second kappa shape index (κ2) is 7.79. The van der Waals surface area contributed by atoms with E-state index in [2.05, 4.69) is 5.32 Å². The van der Waals surface area contributed by atoms with Gasteiger partial charge in [-0.25, -0.2) is 4.79 Å². The van der Waals surface area contributed by atoms with Crippen LogP contribution in [0.1, 0.15) is 36.6 Å². The number of ether oxygens (including phenoxy) is 1. The summed E-state index contributed by atoms with van der Waals surface area (Å²) in [5.41, 5.74) is -1.20. The number of nitrogens with one attached hydrogen (secondary N) is 1. The Balaban J connectivity index is 1.64. The number of esters is 1. The van der Waals surface area contributed by atoms with E-state index in [0.717, 1.165) is 17.0 Å². The van der Waals surface area contributed by atoms with Crippen molar-refractivity contribution >= 4 is 41.0 Å². The first-order valence-corrected chi connectivity index (χ1v) is 8.67. The summed E-state index contributed by atoms with van der Waals surface area (Å²) in [5.74, 6) is -2.91. The number of rotatable bonds is 4. The largest absolute Gasteiger partial charge is 0.452 e. The normalized spacial score (nSPS) is 13.3.